The van der Waals surface area contributed by atoms with Gasteiger partial charge in [-0.15, -0.1) is 5.10 Å². The summed E-state index contributed by atoms with van der Waals surface area (Å²) in [5.74, 6) is -2.81. The molecule has 222 valence electrons. The third-order valence-corrected chi connectivity index (χ3v) is 5.62. The second-order valence-corrected chi connectivity index (χ2v) is 9.08. The molecule has 0 aliphatic carbocycles. The van der Waals surface area contributed by atoms with Gasteiger partial charge in [-0.05, 0) is 43.4 Å². The largest absolute Gasteiger partial charge is 0.463 e. The topological polar surface area (TPSA) is 178 Å². The van der Waals surface area contributed by atoms with Crippen molar-refractivity contribution >= 4 is 46.9 Å². The standard InChI is InChI=1S/C25H31N5O10S/c1-6-35-24-26-12-30(29-24)18-9-7-17(8-10-18)27-25(41)28-23-22(39-16(5)34)21(38-15(4)33)20(37-14(3)32)19(40-23)11-36-13(2)31/h7-10,12,19-23H,6,11H2,1-5H3,(H2,27,28,41)/t19-,20-,21+,22-,23-/m1/s1. The van der Waals surface area contributed by atoms with Gasteiger partial charge < -0.3 is 39.1 Å². The Labute approximate surface area is 240 Å². The van der Waals surface area contributed by atoms with Crippen LogP contribution in [0.2, 0.25) is 0 Å². The number of ether oxygens (including phenoxy) is 6. The highest BCUT2D eigenvalue weighted by molar-refractivity contribution is 7.80. The number of carbonyl (C=O) groups is 4. The lowest BCUT2D eigenvalue weighted by Crippen LogP contribution is -2.66. The Balaban J connectivity index is 1.80. The molecule has 0 unspecified atom stereocenters. The van der Waals surface area contributed by atoms with Gasteiger partial charge >= 0.3 is 29.9 Å². The monoisotopic (exact) mass is 593 g/mol. The molecule has 1 aliphatic rings. The summed E-state index contributed by atoms with van der Waals surface area (Å²) in [6.07, 6.45) is -4.69. The van der Waals surface area contributed by atoms with E-state index in [0.717, 1.165) is 20.8 Å². The molecule has 0 amide bonds. The summed E-state index contributed by atoms with van der Waals surface area (Å²) < 4.78 is 34.1. The smallest absolute Gasteiger partial charge is 0.335 e. The first-order valence-electron chi connectivity index (χ1n) is 12.5. The summed E-state index contributed by atoms with van der Waals surface area (Å²) in [5, 5.41) is 10.1. The van der Waals surface area contributed by atoms with Crippen molar-refractivity contribution in [2.75, 3.05) is 18.5 Å². The van der Waals surface area contributed by atoms with Crippen molar-refractivity contribution < 1.29 is 47.6 Å². The number of esters is 4. The van der Waals surface area contributed by atoms with Crippen LogP contribution in [-0.2, 0) is 42.9 Å². The molecular weight excluding hydrogens is 562 g/mol. The second kappa shape index (κ2) is 14.4. The van der Waals surface area contributed by atoms with Crippen LogP contribution in [0, 0.1) is 0 Å². The van der Waals surface area contributed by atoms with Gasteiger partial charge in [0.25, 0.3) is 0 Å². The van der Waals surface area contributed by atoms with Crippen LogP contribution >= 0.6 is 12.2 Å². The molecule has 16 heteroatoms. The molecule has 1 aromatic heterocycles. The van der Waals surface area contributed by atoms with Crippen molar-refractivity contribution in [3.63, 3.8) is 0 Å². The zero-order valence-electron chi connectivity index (χ0n) is 23.0. The Kier molecular flexibility index (Phi) is 10.9. The minimum absolute atomic E-state index is 0.0537. The Bertz CT molecular complexity index is 1250. The van der Waals surface area contributed by atoms with Crippen LogP contribution in [0.4, 0.5) is 5.69 Å². The van der Waals surface area contributed by atoms with Crippen LogP contribution < -0.4 is 15.4 Å². The van der Waals surface area contributed by atoms with Crippen molar-refractivity contribution in [3.05, 3.63) is 30.6 Å². The first-order chi connectivity index (χ1) is 19.5. The maximum absolute atomic E-state index is 12.0. The average molecular weight is 594 g/mol. The fourth-order valence-electron chi connectivity index (χ4n) is 3.91. The van der Waals surface area contributed by atoms with E-state index in [1.807, 2.05) is 6.92 Å². The summed E-state index contributed by atoms with van der Waals surface area (Å²) in [6.45, 7) is 6.54. The Morgan fingerprint density at radius 3 is 2.12 bits per heavy atom. The maximum atomic E-state index is 12.0. The van der Waals surface area contributed by atoms with Gasteiger partial charge in [-0.1, -0.05) is 0 Å². The molecule has 1 saturated heterocycles. The van der Waals surface area contributed by atoms with E-state index in [2.05, 4.69) is 20.7 Å². The number of anilines is 1. The van der Waals surface area contributed by atoms with Gasteiger partial charge in [-0.2, -0.15) is 4.98 Å². The number of nitrogens with zero attached hydrogens (tertiary/aromatic N) is 3. The summed E-state index contributed by atoms with van der Waals surface area (Å²) in [4.78, 5) is 51.4. The number of nitrogens with one attached hydrogen (secondary N) is 2. The van der Waals surface area contributed by atoms with Crippen LogP contribution in [0.1, 0.15) is 34.6 Å². The highest BCUT2D eigenvalue weighted by Gasteiger charge is 2.52. The minimum atomic E-state index is -1.32. The summed E-state index contributed by atoms with van der Waals surface area (Å²) in [5.41, 5.74) is 1.30. The molecular formula is C25H31N5O10S. The van der Waals surface area contributed by atoms with Crippen LogP contribution in [0.3, 0.4) is 0 Å². The van der Waals surface area contributed by atoms with E-state index in [4.69, 9.17) is 40.6 Å². The van der Waals surface area contributed by atoms with E-state index in [-0.39, 0.29) is 17.7 Å². The molecule has 1 aromatic carbocycles. The Morgan fingerprint density at radius 2 is 1.54 bits per heavy atom. The third kappa shape index (κ3) is 9.11. The number of hydrogen-bond acceptors (Lipinski definition) is 13. The molecule has 2 N–H and O–H groups in total. The Hall–Kier alpha value is -4.31. The van der Waals surface area contributed by atoms with Gasteiger partial charge in [0.2, 0.25) is 0 Å². The molecule has 1 aliphatic heterocycles. The van der Waals surface area contributed by atoms with Gasteiger partial charge in [0.15, 0.2) is 29.7 Å². The van der Waals surface area contributed by atoms with E-state index in [1.165, 1.54) is 13.3 Å². The van der Waals surface area contributed by atoms with Gasteiger partial charge in [-0.3, -0.25) is 19.2 Å². The molecule has 2 aromatic rings. The molecule has 0 radical (unpaired) electrons. The lowest BCUT2D eigenvalue weighted by Gasteiger charge is -2.44. The Morgan fingerprint density at radius 1 is 0.927 bits per heavy atom. The van der Waals surface area contributed by atoms with Gasteiger partial charge in [0, 0.05) is 33.4 Å². The molecule has 2 heterocycles. The lowest BCUT2D eigenvalue weighted by molar-refractivity contribution is -0.254. The predicted octanol–water partition coefficient (Wildman–Crippen LogP) is 1.04. The summed E-state index contributed by atoms with van der Waals surface area (Å²) >= 11 is 5.45. The number of hydrogen-bond donors (Lipinski definition) is 2. The maximum Gasteiger partial charge on any atom is 0.335 e. The first-order valence-corrected chi connectivity index (χ1v) is 12.9. The van der Waals surface area contributed by atoms with Crippen molar-refractivity contribution in [2.45, 2.75) is 65.3 Å². The zero-order chi connectivity index (χ0) is 30.1. The number of rotatable bonds is 10. The van der Waals surface area contributed by atoms with Crippen LogP contribution in [0.25, 0.3) is 5.69 Å². The van der Waals surface area contributed by atoms with E-state index in [1.54, 1.807) is 28.9 Å². The molecule has 41 heavy (non-hydrogen) atoms. The highest BCUT2D eigenvalue weighted by atomic mass is 32.1. The molecule has 0 bridgehead atoms. The van der Waals surface area contributed by atoms with Crippen molar-refractivity contribution in [1.29, 1.82) is 0 Å². The lowest BCUT2D eigenvalue weighted by atomic mass is 9.97. The van der Waals surface area contributed by atoms with Gasteiger partial charge in [0.1, 0.15) is 19.0 Å². The zero-order valence-corrected chi connectivity index (χ0v) is 23.8. The average Bonchev–Trinajstić information content (AvgIpc) is 3.35. The van der Waals surface area contributed by atoms with Crippen LogP contribution in [-0.4, -0.2) is 87.6 Å². The molecule has 1 fully saturated rings. The number of carbonyl (C=O) groups excluding carboxylic acids is 4. The molecule has 3 rings (SSSR count). The molecule has 15 nitrogen and oxygen atoms in total. The van der Waals surface area contributed by atoms with Crippen LogP contribution in [0.5, 0.6) is 6.01 Å². The van der Waals surface area contributed by atoms with Crippen molar-refractivity contribution in [1.82, 2.24) is 20.1 Å². The SMILES string of the molecule is CCOc1ncn(-c2ccc(NC(=S)N[C@@H]3O[C@H](COC(C)=O)[C@@H](OC(C)=O)[C@H](OC(C)=O)[C@H]3OC(C)=O)cc2)n1. The van der Waals surface area contributed by atoms with Crippen molar-refractivity contribution in [2.24, 2.45) is 0 Å². The van der Waals surface area contributed by atoms with E-state index in [9.17, 15) is 19.2 Å². The van der Waals surface area contributed by atoms with Gasteiger partial charge in [0.05, 0.1) is 12.3 Å². The molecule has 0 saturated carbocycles. The predicted molar refractivity (Wildman–Crippen MR) is 144 cm³/mol. The summed E-state index contributed by atoms with van der Waals surface area (Å²) in [6, 6.07) is 7.26. The molecule has 5 atom stereocenters. The number of aromatic nitrogens is 3. The molecule has 0 spiro atoms. The first kappa shape index (κ1) is 31.2. The minimum Gasteiger partial charge on any atom is -0.463 e. The van der Waals surface area contributed by atoms with E-state index in [0.29, 0.717) is 18.0 Å². The van der Waals surface area contributed by atoms with Crippen molar-refractivity contribution in [3.8, 4) is 11.7 Å². The fourth-order valence-corrected chi connectivity index (χ4v) is 4.14. The highest BCUT2D eigenvalue weighted by Crippen LogP contribution is 2.28. The third-order valence-electron chi connectivity index (χ3n) is 5.40. The van der Waals surface area contributed by atoms with E-state index < -0.39 is 54.5 Å². The number of thiocarbonyl (C=S) groups is 1. The fraction of sp³-hybridized carbons (Fsp3) is 0.480. The van der Waals surface area contributed by atoms with E-state index >= 15 is 0 Å². The quantitative estimate of drug-likeness (QED) is 0.226. The van der Waals surface area contributed by atoms with Crippen LogP contribution in [0.15, 0.2) is 30.6 Å². The van der Waals surface area contributed by atoms with Gasteiger partial charge in [-0.25, -0.2) is 4.68 Å². The summed E-state index contributed by atoms with van der Waals surface area (Å²) in [7, 11) is 0. The second-order valence-electron chi connectivity index (χ2n) is 8.67. The number of benzene rings is 1. The normalized spacial score (nSPS) is 21.6.